The third-order valence-corrected chi connectivity index (χ3v) is 1.27. The van der Waals surface area contributed by atoms with Gasteiger partial charge in [-0.05, 0) is 0 Å². The first-order valence-electron chi connectivity index (χ1n) is 2.99. The highest BCUT2D eigenvalue weighted by atomic mass is 16.3. The number of aliphatic hydroxyl groups excluding tert-OH is 1. The summed E-state index contributed by atoms with van der Waals surface area (Å²) in [6.07, 6.45) is 0.556. The van der Waals surface area contributed by atoms with Gasteiger partial charge in [0, 0.05) is 13.0 Å². The van der Waals surface area contributed by atoms with Crippen molar-refractivity contribution in [2.45, 2.75) is 6.42 Å². The van der Waals surface area contributed by atoms with Gasteiger partial charge in [-0.3, -0.25) is 9.80 Å². The normalized spacial score (nSPS) is 19.2. The van der Waals surface area contributed by atoms with Crippen molar-refractivity contribution in [2.24, 2.45) is 0 Å². The zero-order chi connectivity index (χ0) is 6.69. The highest BCUT2D eigenvalue weighted by molar-refractivity contribution is 5.77. The number of hydrazine groups is 1. The number of nitrogens with zero attached hydrogens (tertiary/aromatic N) is 1. The van der Waals surface area contributed by atoms with Crippen LogP contribution in [-0.2, 0) is 4.79 Å². The van der Waals surface area contributed by atoms with Crippen LogP contribution in [-0.4, -0.2) is 35.7 Å². The number of hydrogen-bond acceptors (Lipinski definition) is 3. The molecule has 0 saturated carbocycles. The molecule has 4 heteroatoms. The predicted molar refractivity (Wildman–Crippen MR) is 31.4 cm³/mol. The lowest BCUT2D eigenvalue weighted by atomic mass is 10.4. The lowest BCUT2D eigenvalue weighted by molar-refractivity contribution is -0.130. The molecule has 0 atom stereocenters. The smallest absolute Gasteiger partial charge is 0.238 e. The maximum atomic E-state index is 10.7. The third-order valence-electron chi connectivity index (χ3n) is 1.27. The summed E-state index contributed by atoms with van der Waals surface area (Å²) in [5, 5.41) is 9.86. The first kappa shape index (κ1) is 6.51. The second-order valence-corrected chi connectivity index (χ2v) is 1.93. The number of β-amino-alcohol motifs (C(OH)–C–C–N with tert-alkyl or cyclic N) is 1. The lowest BCUT2D eigenvalue weighted by Gasteiger charge is -2.12. The molecule has 1 aliphatic rings. The fourth-order valence-corrected chi connectivity index (χ4v) is 0.825. The Morgan fingerprint density at radius 1 is 1.78 bits per heavy atom. The van der Waals surface area contributed by atoms with Gasteiger partial charge in [0.2, 0.25) is 5.91 Å². The number of nitrogens with one attached hydrogen (secondary N) is 1. The highest BCUT2D eigenvalue weighted by Gasteiger charge is 2.17. The van der Waals surface area contributed by atoms with E-state index in [1.165, 1.54) is 5.01 Å². The number of amides is 1. The van der Waals surface area contributed by atoms with E-state index in [1.54, 1.807) is 0 Å². The summed E-state index contributed by atoms with van der Waals surface area (Å²) in [6.45, 7) is 1.14. The Labute approximate surface area is 53.4 Å². The molecule has 1 saturated heterocycles. The summed E-state index contributed by atoms with van der Waals surface area (Å²) in [7, 11) is 0. The Bertz CT molecular complexity index is 116. The minimum Gasteiger partial charge on any atom is -0.394 e. The fraction of sp³-hybridized carbons (Fsp3) is 0.800. The maximum Gasteiger partial charge on any atom is 0.238 e. The third kappa shape index (κ3) is 1.40. The van der Waals surface area contributed by atoms with Gasteiger partial charge in [-0.25, -0.2) is 5.43 Å². The highest BCUT2D eigenvalue weighted by Crippen LogP contribution is 1.96. The SMILES string of the molecule is O=C1CCNN1CCO. The molecular formula is C5H10N2O2. The van der Waals surface area contributed by atoms with Gasteiger partial charge in [0.05, 0.1) is 13.2 Å². The number of aliphatic hydroxyl groups is 1. The molecule has 0 aliphatic carbocycles. The minimum absolute atomic E-state index is 0.0265. The van der Waals surface area contributed by atoms with Crippen LogP contribution in [0.1, 0.15) is 6.42 Å². The van der Waals surface area contributed by atoms with Crippen molar-refractivity contribution in [3.63, 3.8) is 0 Å². The molecule has 0 unspecified atom stereocenters. The molecule has 0 bridgehead atoms. The minimum atomic E-state index is 0.0265. The Morgan fingerprint density at radius 2 is 2.56 bits per heavy atom. The second-order valence-electron chi connectivity index (χ2n) is 1.93. The van der Waals surface area contributed by atoms with Crippen LogP contribution < -0.4 is 5.43 Å². The first-order chi connectivity index (χ1) is 4.34. The molecular weight excluding hydrogens is 120 g/mol. The quantitative estimate of drug-likeness (QED) is 0.489. The number of carbonyl (C=O) groups excluding carboxylic acids is 1. The van der Waals surface area contributed by atoms with Crippen molar-refractivity contribution in [3.05, 3.63) is 0 Å². The monoisotopic (exact) mass is 130 g/mol. The largest absolute Gasteiger partial charge is 0.394 e. The summed E-state index contributed by atoms with van der Waals surface area (Å²) in [4.78, 5) is 10.7. The van der Waals surface area contributed by atoms with Crippen molar-refractivity contribution in [1.29, 1.82) is 0 Å². The van der Waals surface area contributed by atoms with Crippen molar-refractivity contribution >= 4 is 5.91 Å². The molecule has 2 N–H and O–H groups in total. The van der Waals surface area contributed by atoms with Crippen molar-refractivity contribution in [3.8, 4) is 0 Å². The van der Waals surface area contributed by atoms with Gasteiger partial charge in [-0.15, -0.1) is 0 Å². The first-order valence-corrected chi connectivity index (χ1v) is 2.99. The van der Waals surface area contributed by atoms with Gasteiger partial charge in [0.15, 0.2) is 0 Å². The summed E-state index contributed by atoms with van der Waals surface area (Å²) in [5.41, 5.74) is 2.83. The fourth-order valence-electron chi connectivity index (χ4n) is 0.825. The van der Waals surface area contributed by atoms with Gasteiger partial charge in [-0.2, -0.15) is 0 Å². The standard InChI is InChI=1S/C5H10N2O2/c8-4-3-7-5(9)1-2-6-7/h6,8H,1-4H2. The predicted octanol–water partition coefficient (Wildman–Crippen LogP) is -1.28. The van der Waals surface area contributed by atoms with E-state index in [1.807, 2.05) is 0 Å². The van der Waals surface area contributed by atoms with E-state index in [4.69, 9.17) is 5.11 Å². The van der Waals surface area contributed by atoms with Crippen molar-refractivity contribution < 1.29 is 9.90 Å². The van der Waals surface area contributed by atoms with Gasteiger partial charge in [0.1, 0.15) is 0 Å². The van der Waals surface area contributed by atoms with E-state index in [-0.39, 0.29) is 12.5 Å². The molecule has 0 radical (unpaired) electrons. The van der Waals surface area contributed by atoms with E-state index in [0.717, 1.165) is 0 Å². The molecule has 0 spiro atoms. The van der Waals surface area contributed by atoms with Crippen LogP contribution in [0.25, 0.3) is 0 Å². The summed E-state index contributed by atoms with van der Waals surface area (Å²) in [5.74, 6) is 0.0732. The molecule has 52 valence electrons. The van der Waals surface area contributed by atoms with Crippen LogP contribution in [0, 0.1) is 0 Å². The van der Waals surface area contributed by atoms with Gasteiger partial charge in [0.25, 0.3) is 0 Å². The molecule has 0 aromatic rings. The van der Waals surface area contributed by atoms with E-state index in [0.29, 0.717) is 19.5 Å². The molecule has 1 rings (SSSR count). The van der Waals surface area contributed by atoms with Gasteiger partial charge < -0.3 is 5.11 Å². The van der Waals surface area contributed by atoms with E-state index in [2.05, 4.69) is 5.43 Å². The summed E-state index contributed by atoms with van der Waals surface area (Å²) < 4.78 is 0. The Morgan fingerprint density at radius 3 is 3.00 bits per heavy atom. The number of rotatable bonds is 2. The van der Waals surface area contributed by atoms with Crippen molar-refractivity contribution in [2.75, 3.05) is 19.7 Å². The Kier molecular flexibility index (Phi) is 2.02. The topological polar surface area (TPSA) is 52.6 Å². The summed E-state index contributed by atoms with van der Waals surface area (Å²) >= 11 is 0. The molecule has 1 fully saturated rings. The number of hydrogen-bond donors (Lipinski definition) is 2. The molecule has 1 amide bonds. The van der Waals surface area contributed by atoms with Crippen LogP contribution in [0.15, 0.2) is 0 Å². The zero-order valence-electron chi connectivity index (χ0n) is 5.13. The van der Waals surface area contributed by atoms with Gasteiger partial charge >= 0.3 is 0 Å². The lowest BCUT2D eigenvalue weighted by Crippen LogP contribution is -2.36. The van der Waals surface area contributed by atoms with E-state index >= 15 is 0 Å². The maximum absolute atomic E-state index is 10.7. The van der Waals surface area contributed by atoms with Gasteiger partial charge in [-0.1, -0.05) is 0 Å². The van der Waals surface area contributed by atoms with Crippen LogP contribution >= 0.6 is 0 Å². The van der Waals surface area contributed by atoms with Crippen LogP contribution in [0.3, 0.4) is 0 Å². The molecule has 9 heavy (non-hydrogen) atoms. The molecule has 0 aromatic heterocycles. The Hall–Kier alpha value is -0.610. The van der Waals surface area contributed by atoms with E-state index < -0.39 is 0 Å². The Balaban J connectivity index is 2.31. The molecule has 0 aromatic carbocycles. The molecule has 1 heterocycles. The van der Waals surface area contributed by atoms with E-state index in [9.17, 15) is 4.79 Å². The zero-order valence-corrected chi connectivity index (χ0v) is 5.13. The molecule has 4 nitrogen and oxygen atoms in total. The van der Waals surface area contributed by atoms with Crippen LogP contribution in [0.5, 0.6) is 0 Å². The molecule has 1 aliphatic heterocycles. The van der Waals surface area contributed by atoms with Crippen molar-refractivity contribution in [1.82, 2.24) is 10.4 Å². The summed E-state index contributed by atoms with van der Waals surface area (Å²) in [6, 6.07) is 0. The number of carbonyl (C=O) groups is 1. The second kappa shape index (κ2) is 2.80. The average Bonchev–Trinajstić information content (AvgIpc) is 2.18. The van der Waals surface area contributed by atoms with Crippen LogP contribution in [0.4, 0.5) is 0 Å². The average molecular weight is 130 g/mol. The van der Waals surface area contributed by atoms with Crippen LogP contribution in [0.2, 0.25) is 0 Å².